The van der Waals surface area contributed by atoms with Gasteiger partial charge in [0.2, 0.25) is 0 Å². The number of benzene rings is 10. The molecule has 0 saturated carbocycles. The first-order valence-electron chi connectivity index (χ1n) is 20.1. The zero-order valence-corrected chi connectivity index (χ0v) is 32.2. The lowest BCUT2D eigenvalue weighted by molar-refractivity contribution is 0.670. The van der Waals surface area contributed by atoms with Crippen LogP contribution in [0.1, 0.15) is 0 Å². The van der Waals surface area contributed by atoms with Crippen molar-refractivity contribution in [1.29, 1.82) is 0 Å². The predicted molar refractivity (Wildman–Crippen MR) is 249 cm³/mol. The van der Waals surface area contributed by atoms with E-state index >= 15 is 0 Å². The van der Waals surface area contributed by atoms with E-state index in [0.717, 1.165) is 77.6 Å². The molecule has 0 aliphatic heterocycles. The summed E-state index contributed by atoms with van der Waals surface area (Å²) in [5, 5.41) is 6.79. The van der Waals surface area contributed by atoms with Gasteiger partial charge in [-0.25, -0.2) is 0 Å². The lowest BCUT2D eigenvalue weighted by Gasteiger charge is -2.26. The second-order valence-electron chi connectivity index (χ2n) is 14.9. The number of nitrogens with zero attached hydrogens (tertiary/aromatic N) is 2. The van der Waals surface area contributed by atoms with Crippen molar-refractivity contribution in [2.45, 2.75) is 0 Å². The molecule has 0 fully saturated rings. The van der Waals surface area contributed by atoms with Gasteiger partial charge in [-0.15, -0.1) is 0 Å². The van der Waals surface area contributed by atoms with Crippen molar-refractivity contribution in [3.8, 4) is 22.3 Å². The summed E-state index contributed by atoms with van der Waals surface area (Å²) < 4.78 is 7.48. The van der Waals surface area contributed by atoms with E-state index in [4.69, 9.17) is 4.42 Å². The van der Waals surface area contributed by atoms with Crippen LogP contribution in [0.3, 0.4) is 0 Å². The summed E-state index contributed by atoms with van der Waals surface area (Å²) in [7, 11) is 0. The molecule has 0 saturated heterocycles. The molecule has 0 atom stereocenters. The third-order valence-corrected chi connectivity index (χ3v) is 11.4. The van der Waals surface area contributed by atoms with Gasteiger partial charge < -0.3 is 14.2 Å². The molecule has 10 aromatic carbocycles. The van der Waals surface area contributed by atoms with E-state index in [1.54, 1.807) is 0 Å². The minimum absolute atomic E-state index is 0.833. The third kappa shape index (κ3) is 6.08. The van der Waals surface area contributed by atoms with Crippen molar-refractivity contribution in [2.24, 2.45) is 0 Å². The number of hydrogen-bond donors (Lipinski definition) is 0. The highest BCUT2D eigenvalue weighted by Gasteiger charge is 2.27. The molecule has 59 heavy (non-hydrogen) atoms. The number of anilines is 6. The molecule has 0 unspecified atom stereocenters. The van der Waals surface area contributed by atoms with Crippen LogP contribution in [0.25, 0.3) is 65.7 Å². The van der Waals surface area contributed by atoms with E-state index < -0.39 is 0 Å². The second-order valence-corrected chi connectivity index (χ2v) is 14.9. The Balaban J connectivity index is 1.20. The molecule has 3 nitrogen and oxygen atoms in total. The van der Waals surface area contributed by atoms with Gasteiger partial charge in [0.05, 0.1) is 11.4 Å². The van der Waals surface area contributed by atoms with Gasteiger partial charge in [-0.05, 0) is 104 Å². The summed E-state index contributed by atoms with van der Waals surface area (Å²) in [6.45, 7) is 0. The van der Waals surface area contributed by atoms with Crippen LogP contribution < -0.4 is 9.80 Å². The van der Waals surface area contributed by atoms with Crippen LogP contribution in [0.5, 0.6) is 0 Å². The molecule has 0 aliphatic carbocycles. The number of furan rings is 1. The Morgan fingerprint density at radius 1 is 0.271 bits per heavy atom. The maximum atomic E-state index is 7.48. The zero-order valence-electron chi connectivity index (χ0n) is 32.2. The fraction of sp³-hybridized carbons (Fsp3) is 0. The van der Waals surface area contributed by atoms with E-state index in [-0.39, 0.29) is 0 Å². The lowest BCUT2D eigenvalue weighted by Crippen LogP contribution is -2.10. The van der Waals surface area contributed by atoms with Gasteiger partial charge in [-0.1, -0.05) is 170 Å². The highest BCUT2D eigenvalue weighted by molar-refractivity contribution is 6.31. The first-order valence-corrected chi connectivity index (χ1v) is 20.1. The van der Waals surface area contributed by atoms with Crippen molar-refractivity contribution in [3.63, 3.8) is 0 Å². The van der Waals surface area contributed by atoms with Crippen LogP contribution in [-0.4, -0.2) is 0 Å². The van der Waals surface area contributed by atoms with Crippen LogP contribution in [0.2, 0.25) is 0 Å². The number of fused-ring (bicyclic) bond motifs is 7. The lowest BCUT2D eigenvalue weighted by atomic mass is 9.97. The predicted octanol–water partition coefficient (Wildman–Crippen LogP) is 16.2. The highest BCUT2D eigenvalue weighted by Crippen LogP contribution is 2.51. The molecular weight excluding hydrogens is 717 g/mol. The van der Waals surface area contributed by atoms with Crippen LogP contribution in [0.4, 0.5) is 34.1 Å². The summed E-state index contributed by atoms with van der Waals surface area (Å²) in [6, 6.07) is 82.0. The topological polar surface area (TPSA) is 19.6 Å². The van der Waals surface area contributed by atoms with Crippen molar-refractivity contribution >= 4 is 77.6 Å². The van der Waals surface area contributed by atoms with Gasteiger partial charge in [-0.2, -0.15) is 0 Å². The van der Waals surface area contributed by atoms with E-state index in [2.05, 4.69) is 240 Å². The highest BCUT2D eigenvalue weighted by atomic mass is 16.3. The molecule has 0 radical (unpaired) electrons. The van der Waals surface area contributed by atoms with Gasteiger partial charge in [0.25, 0.3) is 0 Å². The summed E-state index contributed by atoms with van der Waals surface area (Å²) in [6.07, 6.45) is 0. The maximum absolute atomic E-state index is 7.48. The zero-order chi connectivity index (χ0) is 39.1. The molecule has 0 amide bonds. The van der Waals surface area contributed by atoms with E-state index in [1.807, 2.05) is 0 Å². The normalized spacial score (nSPS) is 11.4. The minimum atomic E-state index is 0.833. The first kappa shape index (κ1) is 34.4. The molecule has 3 heteroatoms. The van der Waals surface area contributed by atoms with Crippen LogP contribution in [0, 0.1) is 0 Å². The molecule has 1 heterocycles. The molecule has 11 aromatic rings. The Hall–Kier alpha value is -7.88. The molecule has 11 rings (SSSR count). The number of hydrogen-bond acceptors (Lipinski definition) is 3. The summed E-state index contributed by atoms with van der Waals surface area (Å²) in [5.41, 5.74) is 12.5. The molecule has 0 N–H and O–H groups in total. The third-order valence-electron chi connectivity index (χ3n) is 11.4. The van der Waals surface area contributed by atoms with Crippen molar-refractivity contribution in [3.05, 3.63) is 231 Å². The Morgan fingerprint density at radius 2 is 0.576 bits per heavy atom. The first-order chi connectivity index (χ1) is 29.3. The summed E-state index contributed by atoms with van der Waals surface area (Å²) >= 11 is 0. The molecule has 0 spiro atoms. The Morgan fingerprint density at radius 3 is 0.966 bits per heavy atom. The van der Waals surface area contributed by atoms with Crippen LogP contribution >= 0.6 is 0 Å². The summed E-state index contributed by atoms with van der Waals surface area (Å²) in [5.74, 6) is 0. The number of rotatable bonds is 8. The van der Waals surface area contributed by atoms with Gasteiger partial charge in [0.15, 0.2) is 11.2 Å². The molecule has 0 bridgehead atoms. The SMILES string of the molecule is c1ccc(-c2ccc(N(c3ccccc3)c3cc4ccccc4c4c3oc3c(N(c5ccccc5)c5ccc(-c6ccccc6)cc5)cc5ccccc5c34)cc2)cc1. The Bertz CT molecular complexity index is 3010. The molecule has 0 aliphatic rings. The van der Waals surface area contributed by atoms with E-state index in [0.29, 0.717) is 0 Å². The van der Waals surface area contributed by atoms with Crippen LogP contribution in [0.15, 0.2) is 235 Å². The van der Waals surface area contributed by atoms with E-state index in [1.165, 1.54) is 22.3 Å². The minimum Gasteiger partial charge on any atom is -0.452 e. The molecule has 1 aromatic heterocycles. The van der Waals surface area contributed by atoms with Crippen molar-refractivity contribution in [1.82, 2.24) is 0 Å². The largest absolute Gasteiger partial charge is 0.452 e. The van der Waals surface area contributed by atoms with Crippen molar-refractivity contribution in [2.75, 3.05) is 9.80 Å². The fourth-order valence-electron chi connectivity index (χ4n) is 8.64. The van der Waals surface area contributed by atoms with Gasteiger partial charge in [0, 0.05) is 33.5 Å². The quantitative estimate of drug-likeness (QED) is 0.154. The van der Waals surface area contributed by atoms with Crippen molar-refractivity contribution < 1.29 is 4.42 Å². The average Bonchev–Trinajstić information content (AvgIpc) is 3.73. The molecule has 278 valence electrons. The van der Waals surface area contributed by atoms with Crippen LogP contribution in [-0.2, 0) is 0 Å². The smallest absolute Gasteiger partial charge is 0.160 e. The van der Waals surface area contributed by atoms with Gasteiger partial charge >= 0.3 is 0 Å². The molecular formula is C56H38N2O. The Kier molecular flexibility index (Phi) is 8.49. The maximum Gasteiger partial charge on any atom is 0.160 e. The average molecular weight is 755 g/mol. The Labute approximate surface area is 343 Å². The number of para-hydroxylation sites is 2. The monoisotopic (exact) mass is 754 g/mol. The summed E-state index contributed by atoms with van der Waals surface area (Å²) in [4.78, 5) is 4.68. The standard InChI is InChI=1S/C56H38N2O/c1-5-17-39(18-6-1)41-29-33-47(34-30-41)57(45-23-9-3-10-24-45)51-37-43-21-13-15-27-49(43)53-54-50-28-16-14-22-44(50)38-52(56(54)59-55(51)53)58(46-25-11-4-12-26-46)48-35-31-42(32-36-48)40-19-7-2-8-20-40/h1-38H. The second kappa shape index (κ2) is 14.6. The van der Waals surface area contributed by atoms with E-state index in [9.17, 15) is 0 Å². The fourth-order valence-corrected chi connectivity index (χ4v) is 8.64. The van der Waals surface area contributed by atoms with Gasteiger partial charge in [0.1, 0.15) is 0 Å². The van der Waals surface area contributed by atoms with Gasteiger partial charge in [-0.3, -0.25) is 0 Å².